The first-order valence-electron chi connectivity index (χ1n) is 5.59. The summed E-state index contributed by atoms with van der Waals surface area (Å²) in [5.74, 6) is 0.0816. The first kappa shape index (κ1) is 12.9. The van der Waals surface area contributed by atoms with Gasteiger partial charge in [-0.05, 0) is 25.1 Å². The first-order valence-corrected chi connectivity index (χ1v) is 6.58. The van der Waals surface area contributed by atoms with E-state index in [1.165, 1.54) is 11.8 Å². The van der Waals surface area contributed by atoms with Crippen molar-refractivity contribution < 1.29 is 14.7 Å². The highest BCUT2D eigenvalue weighted by Gasteiger charge is 2.17. The van der Waals surface area contributed by atoms with E-state index in [9.17, 15) is 9.59 Å². The second kappa shape index (κ2) is 5.41. The van der Waals surface area contributed by atoms with Crippen molar-refractivity contribution in [1.82, 2.24) is 5.32 Å². The number of nitrogens with one attached hydrogen (secondary N) is 2. The molecule has 6 heteroatoms. The summed E-state index contributed by atoms with van der Waals surface area (Å²) in [4.78, 5) is 24.0. The Hall–Kier alpha value is -1.53. The number of benzene rings is 1. The summed E-state index contributed by atoms with van der Waals surface area (Å²) in [5, 5.41) is 14.4. The van der Waals surface area contributed by atoms with Gasteiger partial charge >= 0.3 is 0 Å². The molecule has 1 aliphatic heterocycles. The van der Waals surface area contributed by atoms with Gasteiger partial charge in [-0.1, -0.05) is 0 Å². The van der Waals surface area contributed by atoms with E-state index in [-0.39, 0.29) is 18.4 Å². The van der Waals surface area contributed by atoms with Crippen molar-refractivity contribution in [3.05, 3.63) is 23.8 Å². The highest BCUT2D eigenvalue weighted by molar-refractivity contribution is 8.00. The number of aliphatic hydroxyl groups excluding tert-OH is 1. The van der Waals surface area contributed by atoms with Crippen LogP contribution in [-0.2, 0) is 4.79 Å². The molecule has 0 radical (unpaired) electrons. The van der Waals surface area contributed by atoms with Gasteiger partial charge in [0.15, 0.2) is 0 Å². The molecule has 2 amide bonds. The summed E-state index contributed by atoms with van der Waals surface area (Å²) < 4.78 is 0. The standard InChI is InChI=1S/C12H14N2O3S/c1-7(15)5-13-12(17)8-2-3-10-9(4-8)14-11(16)6-18-10/h2-4,7,15H,5-6H2,1H3,(H,13,17)(H,14,16)/t7-/m0/s1. The molecular weight excluding hydrogens is 252 g/mol. The van der Waals surface area contributed by atoms with Gasteiger partial charge < -0.3 is 15.7 Å². The molecule has 18 heavy (non-hydrogen) atoms. The minimum absolute atomic E-state index is 0.0611. The summed E-state index contributed by atoms with van der Waals surface area (Å²) in [7, 11) is 0. The number of fused-ring (bicyclic) bond motifs is 1. The van der Waals surface area contributed by atoms with Gasteiger partial charge in [-0.25, -0.2) is 0 Å². The zero-order valence-corrected chi connectivity index (χ0v) is 10.7. The molecular formula is C12H14N2O3S. The number of aliphatic hydroxyl groups is 1. The fourth-order valence-electron chi connectivity index (χ4n) is 1.57. The molecule has 3 N–H and O–H groups in total. The number of hydrogen-bond donors (Lipinski definition) is 3. The van der Waals surface area contributed by atoms with Crippen molar-refractivity contribution in [2.45, 2.75) is 17.9 Å². The van der Waals surface area contributed by atoms with E-state index in [0.717, 1.165) is 4.90 Å². The van der Waals surface area contributed by atoms with E-state index < -0.39 is 6.10 Å². The van der Waals surface area contributed by atoms with Crippen molar-refractivity contribution >= 4 is 29.3 Å². The Kier molecular flexibility index (Phi) is 3.88. The van der Waals surface area contributed by atoms with E-state index >= 15 is 0 Å². The van der Waals surface area contributed by atoms with Crippen molar-refractivity contribution in [2.75, 3.05) is 17.6 Å². The Morgan fingerprint density at radius 2 is 2.39 bits per heavy atom. The van der Waals surface area contributed by atoms with E-state index in [1.54, 1.807) is 19.1 Å². The third-order valence-corrected chi connectivity index (χ3v) is 3.51. The summed E-state index contributed by atoms with van der Waals surface area (Å²) in [6, 6.07) is 5.17. The van der Waals surface area contributed by atoms with Crippen LogP contribution in [0.2, 0.25) is 0 Å². The Balaban J connectivity index is 2.13. The lowest BCUT2D eigenvalue weighted by molar-refractivity contribution is -0.113. The molecule has 0 bridgehead atoms. The molecule has 0 saturated heterocycles. The summed E-state index contributed by atoms with van der Waals surface area (Å²) in [6.45, 7) is 1.81. The predicted octanol–water partition coefficient (Wildman–Crippen LogP) is 0.841. The highest BCUT2D eigenvalue weighted by atomic mass is 32.2. The van der Waals surface area contributed by atoms with E-state index in [2.05, 4.69) is 10.6 Å². The van der Waals surface area contributed by atoms with Crippen LogP contribution in [0.5, 0.6) is 0 Å². The molecule has 0 saturated carbocycles. The Bertz CT molecular complexity index is 488. The maximum atomic E-state index is 11.8. The lowest BCUT2D eigenvalue weighted by Crippen LogP contribution is -2.30. The van der Waals surface area contributed by atoms with Crippen LogP contribution in [0.15, 0.2) is 23.1 Å². The zero-order chi connectivity index (χ0) is 13.1. The van der Waals surface area contributed by atoms with Crippen LogP contribution in [0.4, 0.5) is 5.69 Å². The molecule has 0 spiro atoms. The maximum Gasteiger partial charge on any atom is 0.251 e. The second-order valence-electron chi connectivity index (χ2n) is 4.11. The monoisotopic (exact) mass is 266 g/mol. The molecule has 5 nitrogen and oxygen atoms in total. The normalized spacial score (nSPS) is 15.6. The fraction of sp³-hybridized carbons (Fsp3) is 0.333. The van der Waals surface area contributed by atoms with Gasteiger partial charge in [0.1, 0.15) is 0 Å². The third kappa shape index (κ3) is 3.02. The van der Waals surface area contributed by atoms with E-state index in [0.29, 0.717) is 17.0 Å². The quantitative estimate of drug-likeness (QED) is 0.757. The molecule has 1 atom stereocenters. The van der Waals surface area contributed by atoms with Crippen molar-refractivity contribution in [3.63, 3.8) is 0 Å². The molecule has 0 unspecified atom stereocenters. The third-order valence-electron chi connectivity index (χ3n) is 2.43. The van der Waals surface area contributed by atoms with Crippen LogP contribution in [0.25, 0.3) is 0 Å². The minimum Gasteiger partial charge on any atom is -0.392 e. The smallest absolute Gasteiger partial charge is 0.251 e. The molecule has 96 valence electrons. The topological polar surface area (TPSA) is 78.4 Å². The van der Waals surface area contributed by atoms with Gasteiger partial charge in [0.2, 0.25) is 5.91 Å². The molecule has 1 heterocycles. The maximum absolute atomic E-state index is 11.8. The van der Waals surface area contributed by atoms with E-state index in [4.69, 9.17) is 5.11 Å². The number of amides is 2. The molecule has 1 aromatic rings. The van der Waals surface area contributed by atoms with Crippen LogP contribution >= 0.6 is 11.8 Å². The number of rotatable bonds is 3. The van der Waals surface area contributed by atoms with Gasteiger partial charge in [0, 0.05) is 17.0 Å². The molecule has 0 aromatic heterocycles. The van der Waals surface area contributed by atoms with Crippen LogP contribution in [0, 0.1) is 0 Å². The van der Waals surface area contributed by atoms with Crippen molar-refractivity contribution in [1.29, 1.82) is 0 Å². The van der Waals surface area contributed by atoms with Gasteiger partial charge in [-0.15, -0.1) is 11.8 Å². The molecule has 0 aliphatic carbocycles. The molecule has 1 aromatic carbocycles. The molecule has 2 rings (SSSR count). The lowest BCUT2D eigenvalue weighted by Gasteiger charge is -2.17. The number of thioether (sulfide) groups is 1. The van der Waals surface area contributed by atoms with Gasteiger partial charge in [0.25, 0.3) is 5.91 Å². The van der Waals surface area contributed by atoms with Crippen LogP contribution in [-0.4, -0.2) is 35.3 Å². The number of carbonyl (C=O) groups excluding carboxylic acids is 2. The minimum atomic E-state index is -0.582. The summed E-state index contributed by atoms with van der Waals surface area (Å²) >= 11 is 1.45. The molecule has 1 aliphatic rings. The van der Waals surface area contributed by atoms with Crippen LogP contribution < -0.4 is 10.6 Å². The SMILES string of the molecule is C[C@H](O)CNC(=O)c1ccc2c(c1)NC(=O)CS2. The van der Waals surface area contributed by atoms with Crippen LogP contribution in [0.3, 0.4) is 0 Å². The van der Waals surface area contributed by atoms with Crippen LogP contribution in [0.1, 0.15) is 17.3 Å². The van der Waals surface area contributed by atoms with Crippen molar-refractivity contribution in [2.24, 2.45) is 0 Å². The Morgan fingerprint density at radius 1 is 1.61 bits per heavy atom. The average molecular weight is 266 g/mol. The predicted molar refractivity (Wildman–Crippen MR) is 69.8 cm³/mol. The molecule has 0 fully saturated rings. The summed E-state index contributed by atoms with van der Waals surface area (Å²) in [6.07, 6.45) is -0.582. The van der Waals surface area contributed by atoms with Gasteiger partial charge in [-0.2, -0.15) is 0 Å². The first-order chi connectivity index (χ1) is 8.56. The Labute approximate surface area is 109 Å². The number of hydrogen-bond acceptors (Lipinski definition) is 4. The van der Waals surface area contributed by atoms with Gasteiger partial charge in [-0.3, -0.25) is 9.59 Å². The second-order valence-corrected chi connectivity index (χ2v) is 5.12. The largest absolute Gasteiger partial charge is 0.392 e. The van der Waals surface area contributed by atoms with Crippen molar-refractivity contribution in [3.8, 4) is 0 Å². The fourth-order valence-corrected chi connectivity index (χ4v) is 2.36. The van der Waals surface area contributed by atoms with Gasteiger partial charge in [0.05, 0.1) is 17.5 Å². The highest BCUT2D eigenvalue weighted by Crippen LogP contribution is 2.31. The lowest BCUT2D eigenvalue weighted by atomic mass is 10.2. The number of anilines is 1. The van der Waals surface area contributed by atoms with E-state index in [1.807, 2.05) is 6.07 Å². The Morgan fingerprint density at radius 3 is 3.11 bits per heavy atom. The average Bonchev–Trinajstić information content (AvgIpc) is 2.34. The summed E-state index contributed by atoms with van der Waals surface area (Å²) in [5.41, 5.74) is 1.14. The zero-order valence-electron chi connectivity index (χ0n) is 9.90. The number of carbonyl (C=O) groups is 2.